The highest BCUT2D eigenvalue weighted by Gasteiger charge is 2.29. The molecule has 7 heteroatoms. The van der Waals surface area contributed by atoms with E-state index in [1.165, 1.54) is 12.1 Å². The Labute approximate surface area is 183 Å². The molecule has 0 atom stereocenters. The van der Waals surface area contributed by atoms with E-state index in [0.29, 0.717) is 22.6 Å². The lowest BCUT2D eigenvalue weighted by Gasteiger charge is -2.12. The van der Waals surface area contributed by atoms with Crippen molar-refractivity contribution in [2.24, 2.45) is 0 Å². The predicted molar refractivity (Wildman–Crippen MR) is 116 cm³/mol. The van der Waals surface area contributed by atoms with Gasteiger partial charge in [0.05, 0.1) is 19.1 Å². The molecular weight excluding hydrogens is 421 g/mol. The Hall–Kier alpha value is -3.74. The summed E-state index contributed by atoms with van der Waals surface area (Å²) in [5.41, 5.74) is 2.15. The lowest BCUT2D eigenvalue weighted by molar-refractivity contribution is -0.138. The van der Waals surface area contributed by atoms with E-state index in [4.69, 9.17) is 14.6 Å². The highest BCUT2D eigenvalue weighted by molar-refractivity contribution is 5.75. The molecule has 1 N–H and O–H groups in total. The predicted octanol–water partition coefficient (Wildman–Crippen LogP) is 6.10. The van der Waals surface area contributed by atoms with Crippen LogP contribution in [0, 0.1) is 0 Å². The first-order valence-electron chi connectivity index (χ1n) is 9.72. The number of halogens is 3. The number of carbonyl (C=O) groups is 1. The molecule has 0 aliphatic carbocycles. The summed E-state index contributed by atoms with van der Waals surface area (Å²) in [5.74, 6) is 0.279. The van der Waals surface area contributed by atoms with Gasteiger partial charge in [0.25, 0.3) is 0 Å². The first-order valence-corrected chi connectivity index (χ1v) is 9.72. The third kappa shape index (κ3) is 6.14. The number of aliphatic carboxylic acids is 1. The quantitative estimate of drug-likeness (QED) is 0.458. The number of carboxylic acids is 1. The van der Waals surface area contributed by atoms with E-state index in [-0.39, 0.29) is 13.0 Å². The minimum absolute atomic E-state index is 0.0953. The summed E-state index contributed by atoms with van der Waals surface area (Å²) in [7, 11) is 1.54. The van der Waals surface area contributed by atoms with Gasteiger partial charge in [-0.15, -0.1) is 0 Å². The molecule has 166 valence electrons. The second kappa shape index (κ2) is 10.0. The van der Waals surface area contributed by atoms with Gasteiger partial charge in [-0.3, -0.25) is 4.79 Å². The zero-order chi connectivity index (χ0) is 23.1. The highest BCUT2D eigenvalue weighted by Crippen LogP contribution is 2.33. The van der Waals surface area contributed by atoms with Gasteiger partial charge in [0.15, 0.2) is 0 Å². The molecule has 0 aliphatic rings. The van der Waals surface area contributed by atoms with Crippen molar-refractivity contribution >= 4 is 12.0 Å². The SMILES string of the molecule is COc1ccc(CC(=O)O)cc1-c1cccc(OCC=Cc2ccc(C(F)(F)F)cc2)c1. The van der Waals surface area contributed by atoms with Gasteiger partial charge in [0, 0.05) is 5.56 Å². The van der Waals surface area contributed by atoms with Crippen LogP contribution in [0.3, 0.4) is 0 Å². The van der Waals surface area contributed by atoms with Crippen LogP contribution in [-0.2, 0) is 17.4 Å². The molecule has 0 radical (unpaired) electrons. The van der Waals surface area contributed by atoms with E-state index in [1.54, 1.807) is 43.5 Å². The normalized spacial score (nSPS) is 11.5. The molecule has 3 aromatic carbocycles. The number of alkyl halides is 3. The van der Waals surface area contributed by atoms with Crippen LogP contribution in [0.5, 0.6) is 11.5 Å². The summed E-state index contributed by atoms with van der Waals surface area (Å²) in [6, 6.07) is 17.4. The molecule has 0 unspecified atom stereocenters. The van der Waals surface area contributed by atoms with Gasteiger partial charge >= 0.3 is 12.1 Å². The van der Waals surface area contributed by atoms with Gasteiger partial charge in [-0.05, 0) is 59.2 Å². The molecule has 4 nitrogen and oxygen atoms in total. The van der Waals surface area contributed by atoms with Crippen molar-refractivity contribution in [2.75, 3.05) is 13.7 Å². The van der Waals surface area contributed by atoms with Crippen molar-refractivity contribution in [2.45, 2.75) is 12.6 Å². The lowest BCUT2D eigenvalue weighted by Crippen LogP contribution is -2.03. The maximum atomic E-state index is 12.6. The molecule has 0 heterocycles. The molecule has 32 heavy (non-hydrogen) atoms. The third-order valence-electron chi connectivity index (χ3n) is 4.66. The molecule has 0 spiro atoms. The van der Waals surface area contributed by atoms with Crippen LogP contribution >= 0.6 is 0 Å². The molecule has 0 fully saturated rings. The zero-order valence-corrected chi connectivity index (χ0v) is 17.2. The number of methoxy groups -OCH3 is 1. The van der Waals surface area contributed by atoms with Crippen molar-refractivity contribution < 1.29 is 32.5 Å². The van der Waals surface area contributed by atoms with Gasteiger partial charge in [-0.1, -0.05) is 36.4 Å². The fourth-order valence-electron chi connectivity index (χ4n) is 3.13. The molecule has 0 aromatic heterocycles. The van der Waals surface area contributed by atoms with Crippen molar-refractivity contribution in [1.82, 2.24) is 0 Å². The first kappa shape index (κ1) is 22.9. The average molecular weight is 442 g/mol. The van der Waals surface area contributed by atoms with Crippen LogP contribution in [0.4, 0.5) is 13.2 Å². The summed E-state index contributed by atoms with van der Waals surface area (Å²) in [4.78, 5) is 11.0. The fourth-order valence-corrected chi connectivity index (χ4v) is 3.13. The van der Waals surface area contributed by atoms with Gasteiger partial charge in [0.2, 0.25) is 0 Å². The summed E-state index contributed by atoms with van der Waals surface area (Å²) >= 11 is 0. The Morgan fingerprint density at radius 3 is 2.44 bits per heavy atom. The Balaban J connectivity index is 1.69. The molecule has 0 saturated carbocycles. The van der Waals surface area contributed by atoms with E-state index < -0.39 is 17.7 Å². The Morgan fingerprint density at radius 2 is 1.78 bits per heavy atom. The molecule has 3 aromatic rings. The highest BCUT2D eigenvalue weighted by atomic mass is 19.4. The smallest absolute Gasteiger partial charge is 0.416 e. The largest absolute Gasteiger partial charge is 0.496 e. The van der Waals surface area contributed by atoms with E-state index in [9.17, 15) is 18.0 Å². The topological polar surface area (TPSA) is 55.8 Å². The number of hydrogen-bond donors (Lipinski definition) is 1. The van der Waals surface area contributed by atoms with E-state index in [1.807, 2.05) is 18.2 Å². The minimum atomic E-state index is -4.35. The standard InChI is InChI=1S/C25H21F3O4/c1-31-23-12-9-18(15-24(29)30)14-22(23)19-5-2-6-21(16-19)32-13-3-4-17-7-10-20(11-8-17)25(26,27)28/h2-12,14,16H,13,15H2,1H3,(H,29,30). The minimum Gasteiger partial charge on any atom is -0.496 e. The van der Waals surface area contributed by atoms with Crippen LogP contribution in [0.2, 0.25) is 0 Å². The van der Waals surface area contributed by atoms with Gasteiger partial charge in [0.1, 0.15) is 18.1 Å². The lowest BCUT2D eigenvalue weighted by atomic mass is 10.0. The molecule has 3 rings (SSSR count). The molecule has 0 amide bonds. The fraction of sp³-hybridized carbons (Fsp3) is 0.160. The Bertz CT molecular complexity index is 1100. The van der Waals surface area contributed by atoms with E-state index in [0.717, 1.165) is 23.3 Å². The molecule has 0 saturated heterocycles. The summed E-state index contributed by atoms with van der Waals surface area (Å²) in [6.45, 7) is 0.223. The first-order chi connectivity index (χ1) is 15.3. The molecular formula is C25H21F3O4. The number of hydrogen-bond acceptors (Lipinski definition) is 3. The number of ether oxygens (including phenoxy) is 2. The van der Waals surface area contributed by atoms with Gasteiger partial charge < -0.3 is 14.6 Å². The van der Waals surface area contributed by atoms with Crippen LogP contribution in [0.1, 0.15) is 16.7 Å². The van der Waals surface area contributed by atoms with Crippen molar-refractivity contribution in [1.29, 1.82) is 0 Å². The Morgan fingerprint density at radius 1 is 1.03 bits per heavy atom. The third-order valence-corrected chi connectivity index (χ3v) is 4.66. The summed E-state index contributed by atoms with van der Waals surface area (Å²) in [6.07, 6.45) is -1.06. The van der Waals surface area contributed by atoms with Crippen LogP contribution in [0.25, 0.3) is 17.2 Å². The summed E-state index contributed by atoms with van der Waals surface area (Å²) < 4.78 is 49.0. The molecule has 0 bridgehead atoms. The second-order valence-corrected chi connectivity index (χ2v) is 6.97. The van der Waals surface area contributed by atoms with Crippen LogP contribution < -0.4 is 9.47 Å². The number of benzene rings is 3. The number of carboxylic acid groups (broad SMARTS) is 1. The maximum absolute atomic E-state index is 12.6. The van der Waals surface area contributed by atoms with E-state index in [2.05, 4.69) is 0 Å². The zero-order valence-electron chi connectivity index (χ0n) is 17.2. The van der Waals surface area contributed by atoms with Gasteiger partial charge in [-0.2, -0.15) is 13.2 Å². The second-order valence-electron chi connectivity index (χ2n) is 6.97. The maximum Gasteiger partial charge on any atom is 0.416 e. The van der Waals surface area contributed by atoms with Crippen molar-refractivity contribution in [3.05, 3.63) is 89.5 Å². The van der Waals surface area contributed by atoms with Crippen molar-refractivity contribution in [3.8, 4) is 22.6 Å². The Kier molecular flexibility index (Phi) is 7.20. The average Bonchev–Trinajstić information content (AvgIpc) is 2.76. The monoisotopic (exact) mass is 442 g/mol. The van der Waals surface area contributed by atoms with E-state index >= 15 is 0 Å². The number of rotatable bonds is 8. The van der Waals surface area contributed by atoms with Crippen LogP contribution in [0.15, 0.2) is 72.8 Å². The summed E-state index contributed by atoms with van der Waals surface area (Å²) in [5, 5.41) is 9.04. The van der Waals surface area contributed by atoms with Crippen LogP contribution in [-0.4, -0.2) is 24.8 Å². The molecule has 0 aliphatic heterocycles. The van der Waals surface area contributed by atoms with Gasteiger partial charge in [-0.25, -0.2) is 0 Å². The van der Waals surface area contributed by atoms with Crippen molar-refractivity contribution in [3.63, 3.8) is 0 Å².